The van der Waals surface area contributed by atoms with Crippen LogP contribution in [0.25, 0.3) is 0 Å². The number of rotatable bonds is 4. The Morgan fingerprint density at radius 3 is 2.75 bits per heavy atom. The zero-order chi connectivity index (χ0) is 14.8. The second-order valence-corrected chi connectivity index (χ2v) is 6.35. The Bertz CT molecular complexity index is 734. The lowest BCUT2D eigenvalue weighted by atomic mass is 10.3. The minimum absolute atomic E-state index is 0.0518. The molecule has 0 radical (unpaired) electrons. The lowest BCUT2D eigenvalue weighted by Gasteiger charge is -2.11. The maximum Gasteiger partial charge on any atom is 0.265 e. The standard InChI is InChI=1S/C12H12BrN3O3S/c1-19-10-7-8(4-5-9(10)13)16-20(17,18)11-3-2-6-15-12(11)14/h2-7,16H,1H3,(H2,14,15). The monoisotopic (exact) mass is 357 g/mol. The van der Waals surface area contributed by atoms with E-state index in [-0.39, 0.29) is 10.7 Å². The SMILES string of the molecule is COc1cc(NS(=O)(=O)c2cccnc2N)ccc1Br. The number of halogens is 1. The number of nitrogens with one attached hydrogen (secondary N) is 1. The first-order chi connectivity index (χ1) is 9.44. The van der Waals surface area contributed by atoms with Gasteiger partial charge in [0, 0.05) is 12.3 Å². The molecule has 20 heavy (non-hydrogen) atoms. The van der Waals surface area contributed by atoms with Gasteiger partial charge in [0.15, 0.2) is 0 Å². The molecule has 0 saturated heterocycles. The van der Waals surface area contributed by atoms with Gasteiger partial charge in [-0.1, -0.05) is 0 Å². The summed E-state index contributed by atoms with van der Waals surface area (Å²) in [5, 5.41) is 0. The fourth-order valence-corrected chi connectivity index (χ4v) is 3.10. The van der Waals surface area contributed by atoms with Crippen molar-refractivity contribution >= 4 is 37.5 Å². The smallest absolute Gasteiger partial charge is 0.265 e. The van der Waals surface area contributed by atoms with Gasteiger partial charge >= 0.3 is 0 Å². The third kappa shape index (κ3) is 3.02. The van der Waals surface area contributed by atoms with Crippen molar-refractivity contribution in [3.8, 4) is 5.75 Å². The lowest BCUT2D eigenvalue weighted by molar-refractivity contribution is 0.412. The van der Waals surface area contributed by atoms with Crippen LogP contribution in [0, 0.1) is 0 Å². The number of anilines is 2. The fourth-order valence-electron chi connectivity index (χ4n) is 1.56. The van der Waals surface area contributed by atoms with Crippen molar-refractivity contribution in [3.63, 3.8) is 0 Å². The maximum atomic E-state index is 12.2. The number of benzene rings is 1. The van der Waals surface area contributed by atoms with E-state index in [1.807, 2.05) is 0 Å². The first-order valence-corrected chi connectivity index (χ1v) is 7.78. The molecule has 0 fully saturated rings. The van der Waals surface area contributed by atoms with Gasteiger partial charge in [-0.25, -0.2) is 13.4 Å². The number of nitrogens with zero attached hydrogens (tertiary/aromatic N) is 1. The van der Waals surface area contributed by atoms with E-state index >= 15 is 0 Å². The third-order valence-corrected chi connectivity index (χ3v) is 4.58. The predicted molar refractivity (Wildman–Crippen MR) is 80.2 cm³/mol. The molecule has 3 N–H and O–H groups in total. The molecule has 1 heterocycles. The van der Waals surface area contributed by atoms with E-state index in [1.54, 1.807) is 18.2 Å². The Hall–Kier alpha value is -1.80. The van der Waals surface area contributed by atoms with Crippen molar-refractivity contribution in [1.29, 1.82) is 0 Å². The van der Waals surface area contributed by atoms with Crippen LogP contribution in [-0.4, -0.2) is 20.5 Å². The van der Waals surface area contributed by atoms with Gasteiger partial charge in [-0.3, -0.25) is 4.72 Å². The average molecular weight is 358 g/mol. The summed E-state index contributed by atoms with van der Waals surface area (Å²) in [6.45, 7) is 0. The van der Waals surface area contributed by atoms with Gasteiger partial charge in [0.05, 0.1) is 17.3 Å². The van der Waals surface area contributed by atoms with E-state index in [0.717, 1.165) is 4.47 Å². The highest BCUT2D eigenvalue weighted by molar-refractivity contribution is 9.10. The van der Waals surface area contributed by atoms with Gasteiger partial charge < -0.3 is 10.5 Å². The summed E-state index contributed by atoms with van der Waals surface area (Å²) < 4.78 is 32.7. The van der Waals surface area contributed by atoms with E-state index in [4.69, 9.17) is 10.5 Å². The molecular formula is C12H12BrN3O3S. The number of sulfonamides is 1. The van der Waals surface area contributed by atoms with Crippen LogP contribution in [0.2, 0.25) is 0 Å². The molecule has 0 amide bonds. The van der Waals surface area contributed by atoms with E-state index in [2.05, 4.69) is 25.6 Å². The quantitative estimate of drug-likeness (QED) is 0.874. The molecule has 8 heteroatoms. The van der Waals surface area contributed by atoms with E-state index in [9.17, 15) is 8.42 Å². The lowest BCUT2D eigenvalue weighted by Crippen LogP contribution is -2.15. The van der Waals surface area contributed by atoms with E-state index in [1.165, 1.54) is 25.4 Å². The third-order valence-electron chi connectivity index (χ3n) is 2.49. The van der Waals surface area contributed by atoms with Crippen LogP contribution in [0.1, 0.15) is 0 Å². The average Bonchev–Trinajstić information content (AvgIpc) is 2.41. The van der Waals surface area contributed by atoms with Gasteiger partial charge in [-0.2, -0.15) is 0 Å². The van der Waals surface area contributed by atoms with Gasteiger partial charge in [0.1, 0.15) is 16.5 Å². The molecule has 106 valence electrons. The van der Waals surface area contributed by atoms with Crippen LogP contribution in [0.5, 0.6) is 5.75 Å². The number of nitrogens with two attached hydrogens (primary N) is 1. The van der Waals surface area contributed by atoms with Crippen LogP contribution in [0.4, 0.5) is 11.5 Å². The summed E-state index contributed by atoms with van der Waals surface area (Å²) in [7, 11) is -2.29. The number of nitrogen functional groups attached to an aromatic ring is 1. The van der Waals surface area contributed by atoms with Gasteiger partial charge in [0.2, 0.25) is 0 Å². The summed E-state index contributed by atoms with van der Waals surface area (Å²) in [4.78, 5) is 3.69. The topological polar surface area (TPSA) is 94.3 Å². The molecule has 0 atom stereocenters. The molecule has 0 unspecified atom stereocenters. The molecule has 6 nitrogen and oxygen atoms in total. The number of methoxy groups -OCH3 is 1. The minimum atomic E-state index is -3.79. The Morgan fingerprint density at radius 2 is 2.10 bits per heavy atom. The second kappa shape index (κ2) is 5.68. The summed E-state index contributed by atoms with van der Waals surface area (Å²) in [6, 6.07) is 7.75. The molecule has 1 aromatic heterocycles. The number of hydrogen-bond acceptors (Lipinski definition) is 5. The van der Waals surface area contributed by atoms with Crippen LogP contribution in [0.15, 0.2) is 45.9 Å². The van der Waals surface area contributed by atoms with E-state index in [0.29, 0.717) is 11.4 Å². The molecular weight excluding hydrogens is 346 g/mol. The van der Waals surface area contributed by atoms with Crippen molar-refractivity contribution in [2.75, 3.05) is 17.6 Å². The largest absolute Gasteiger partial charge is 0.495 e. The fraction of sp³-hybridized carbons (Fsp3) is 0.0833. The first kappa shape index (κ1) is 14.6. The van der Waals surface area contributed by atoms with Crippen molar-refractivity contribution in [3.05, 3.63) is 41.0 Å². The highest BCUT2D eigenvalue weighted by Crippen LogP contribution is 2.29. The first-order valence-electron chi connectivity index (χ1n) is 5.51. The van der Waals surface area contributed by atoms with Gasteiger partial charge in [-0.15, -0.1) is 0 Å². The molecule has 1 aromatic carbocycles. The van der Waals surface area contributed by atoms with Crippen LogP contribution in [-0.2, 0) is 10.0 Å². The number of ether oxygens (including phenoxy) is 1. The minimum Gasteiger partial charge on any atom is -0.495 e. The molecule has 2 rings (SSSR count). The zero-order valence-corrected chi connectivity index (χ0v) is 12.9. The van der Waals surface area contributed by atoms with Crippen molar-refractivity contribution in [2.45, 2.75) is 4.90 Å². The second-order valence-electron chi connectivity index (χ2n) is 3.84. The van der Waals surface area contributed by atoms with Gasteiger partial charge in [0.25, 0.3) is 10.0 Å². The highest BCUT2D eigenvalue weighted by atomic mass is 79.9. The Labute approximate surface area is 125 Å². The van der Waals surface area contributed by atoms with Crippen LogP contribution < -0.4 is 15.2 Å². The van der Waals surface area contributed by atoms with E-state index < -0.39 is 10.0 Å². The number of pyridine rings is 1. The number of hydrogen-bond donors (Lipinski definition) is 2. The Kier molecular flexibility index (Phi) is 4.15. The molecule has 0 aliphatic heterocycles. The van der Waals surface area contributed by atoms with Crippen molar-refractivity contribution in [2.24, 2.45) is 0 Å². The maximum absolute atomic E-state index is 12.2. The molecule has 0 aliphatic rings. The molecule has 0 aliphatic carbocycles. The van der Waals surface area contributed by atoms with Gasteiger partial charge in [-0.05, 0) is 40.2 Å². The zero-order valence-electron chi connectivity index (χ0n) is 10.5. The normalized spacial score (nSPS) is 11.1. The summed E-state index contributed by atoms with van der Waals surface area (Å²) >= 11 is 3.29. The summed E-state index contributed by atoms with van der Waals surface area (Å²) in [5.74, 6) is 0.466. The van der Waals surface area contributed by atoms with Crippen molar-refractivity contribution < 1.29 is 13.2 Å². The Morgan fingerprint density at radius 1 is 1.35 bits per heavy atom. The summed E-state index contributed by atoms with van der Waals surface area (Å²) in [5.41, 5.74) is 5.95. The molecule has 2 aromatic rings. The highest BCUT2D eigenvalue weighted by Gasteiger charge is 2.18. The van der Waals surface area contributed by atoms with Crippen molar-refractivity contribution in [1.82, 2.24) is 4.98 Å². The van der Waals surface area contributed by atoms with Crippen LogP contribution in [0.3, 0.4) is 0 Å². The predicted octanol–water partition coefficient (Wildman–Crippen LogP) is 2.24. The molecule has 0 spiro atoms. The Balaban J connectivity index is 2.36. The molecule has 0 saturated carbocycles. The summed E-state index contributed by atoms with van der Waals surface area (Å²) in [6.07, 6.45) is 1.43. The number of aromatic nitrogens is 1. The van der Waals surface area contributed by atoms with Crippen LogP contribution >= 0.6 is 15.9 Å². The molecule has 0 bridgehead atoms.